The van der Waals surface area contributed by atoms with Crippen LogP contribution in [0.3, 0.4) is 0 Å². The van der Waals surface area contributed by atoms with Crippen LogP contribution in [-0.2, 0) is 14.3 Å². The highest BCUT2D eigenvalue weighted by atomic mass is 32.2. The van der Waals surface area contributed by atoms with Crippen LogP contribution in [0.2, 0.25) is 0 Å². The van der Waals surface area contributed by atoms with Crippen LogP contribution in [-0.4, -0.2) is 26.5 Å². The minimum atomic E-state index is -3.26. The van der Waals surface area contributed by atoms with Crippen molar-refractivity contribution >= 4 is 22.7 Å². The fourth-order valence-corrected chi connectivity index (χ4v) is 1.99. The monoisotopic (exact) mass is 212 g/mol. The maximum atomic E-state index is 11.0. The molecular weight excluding hydrogens is 196 g/mol. The van der Waals surface area contributed by atoms with Crippen LogP contribution in [0.15, 0.2) is 0 Å². The summed E-state index contributed by atoms with van der Waals surface area (Å²) in [7, 11) is -3.26. The lowest BCUT2D eigenvalue weighted by Crippen LogP contribution is -2.11. The highest BCUT2D eigenvalue weighted by molar-refractivity contribution is 7.86. The molecule has 0 aromatic heterocycles. The van der Waals surface area contributed by atoms with E-state index in [-0.39, 0.29) is 5.75 Å². The lowest BCUT2D eigenvalue weighted by Gasteiger charge is -2.02. The summed E-state index contributed by atoms with van der Waals surface area (Å²) in [5, 5.41) is 0. The lowest BCUT2D eigenvalue weighted by molar-refractivity contribution is 0.311. The summed E-state index contributed by atoms with van der Waals surface area (Å²) < 4.78 is 26.7. The molecule has 0 unspecified atom stereocenters. The first-order valence-electron chi connectivity index (χ1n) is 4.10. The predicted molar refractivity (Wildman–Crippen MR) is 53.1 cm³/mol. The molecule has 0 fully saturated rings. The molecule has 12 heavy (non-hydrogen) atoms. The fraction of sp³-hybridized carbons (Fsp3) is 1.00. The number of rotatable bonds is 7. The molecule has 0 N–H and O–H groups in total. The van der Waals surface area contributed by atoms with Gasteiger partial charge >= 0.3 is 0 Å². The highest BCUT2D eigenvalue weighted by Gasteiger charge is 2.08. The van der Waals surface area contributed by atoms with E-state index < -0.39 is 10.1 Å². The molecule has 5 heteroatoms. The molecule has 0 spiro atoms. The van der Waals surface area contributed by atoms with Gasteiger partial charge in [-0.3, -0.25) is 4.18 Å². The first-order chi connectivity index (χ1) is 5.62. The summed E-state index contributed by atoms with van der Waals surface area (Å²) in [5.41, 5.74) is 0. The van der Waals surface area contributed by atoms with Crippen molar-refractivity contribution in [2.24, 2.45) is 0 Å². The Bertz CT molecular complexity index is 187. The third-order valence-corrected chi connectivity index (χ3v) is 2.94. The standard InChI is InChI=1S/C7H16O3S2/c1-2-3-5-10-12(8,9)7-4-6-11/h11H,2-7H2,1H3. The van der Waals surface area contributed by atoms with Crippen LogP contribution in [0.5, 0.6) is 0 Å². The molecular formula is C7H16O3S2. The molecule has 0 heterocycles. The molecule has 0 bridgehead atoms. The van der Waals surface area contributed by atoms with Crippen LogP contribution < -0.4 is 0 Å². The number of hydrogen-bond acceptors (Lipinski definition) is 4. The van der Waals surface area contributed by atoms with Gasteiger partial charge in [-0.25, -0.2) is 0 Å². The molecule has 0 aliphatic carbocycles. The molecule has 0 aromatic carbocycles. The van der Waals surface area contributed by atoms with Gasteiger partial charge in [-0.15, -0.1) is 0 Å². The Kier molecular flexibility index (Phi) is 6.89. The van der Waals surface area contributed by atoms with Crippen LogP contribution in [0.1, 0.15) is 26.2 Å². The number of hydrogen-bond donors (Lipinski definition) is 1. The zero-order valence-electron chi connectivity index (χ0n) is 7.32. The van der Waals surface area contributed by atoms with Crippen molar-refractivity contribution in [2.45, 2.75) is 26.2 Å². The molecule has 74 valence electrons. The molecule has 0 atom stereocenters. The summed E-state index contributed by atoms with van der Waals surface area (Å²) in [6, 6.07) is 0. The van der Waals surface area contributed by atoms with Crippen LogP contribution in [0.4, 0.5) is 0 Å². The van der Waals surface area contributed by atoms with Gasteiger partial charge in [0.25, 0.3) is 10.1 Å². The Morgan fingerprint density at radius 1 is 1.33 bits per heavy atom. The summed E-state index contributed by atoms with van der Waals surface area (Å²) >= 11 is 3.92. The van der Waals surface area contributed by atoms with E-state index in [4.69, 9.17) is 4.18 Å². The summed E-state index contributed by atoms with van der Waals surface area (Å²) in [5.74, 6) is 0.663. The first kappa shape index (κ1) is 12.3. The topological polar surface area (TPSA) is 43.4 Å². The lowest BCUT2D eigenvalue weighted by atomic mass is 10.4. The smallest absolute Gasteiger partial charge is 0.267 e. The number of thiol groups is 1. The third-order valence-electron chi connectivity index (χ3n) is 1.31. The average Bonchev–Trinajstić information content (AvgIpc) is 2.01. The Hall–Kier alpha value is 0.260. The fourth-order valence-electron chi connectivity index (χ4n) is 0.630. The van der Waals surface area contributed by atoms with Crippen molar-refractivity contribution in [3.63, 3.8) is 0 Å². The molecule has 3 nitrogen and oxygen atoms in total. The van der Waals surface area contributed by atoms with Crippen molar-refractivity contribution in [3.05, 3.63) is 0 Å². The van der Waals surface area contributed by atoms with Crippen molar-refractivity contribution in [1.82, 2.24) is 0 Å². The Labute approximate surface area is 80.0 Å². The van der Waals surface area contributed by atoms with Gasteiger partial charge in [0, 0.05) is 0 Å². The van der Waals surface area contributed by atoms with Crippen molar-refractivity contribution in [2.75, 3.05) is 18.1 Å². The molecule has 0 aliphatic rings. The van der Waals surface area contributed by atoms with Crippen molar-refractivity contribution < 1.29 is 12.6 Å². The second-order valence-corrected chi connectivity index (χ2v) is 4.72. The molecule has 0 radical (unpaired) electrons. The van der Waals surface area contributed by atoms with E-state index in [0.717, 1.165) is 12.8 Å². The molecule has 0 saturated carbocycles. The van der Waals surface area contributed by atoms with Gasteiger partial charge in [-0.2, -0.15) is 21.0 Å². The first-order valence-corrected chi connectivity index (χ1v) is 6.31. The van der Waals surface area contributed by atoms with E-state index in [1.165, 1.54) is 0 Å². The van der Waals surface area contributed by atoms with Gasteiger partial charge in [-0.05, 0) is 18.6 Å². The quantitative estimate of drug-likeness (QED) is 0.394. The molecule has 0 rings (SSSR count). The van der Waals surface area contributed by atoms with E-state index in [1.54, 1.807) is 0 Å². The molecule has 0 aromatic rings. The SMILES string of the molecule is CCCCOS(=O)(=O)CCCS. The van der Waals surface area contributed by atoms with Crippen molar-refractivity contribution in [3.8, 4) is 0 Å². The average molecular weight is 212 g/mol. The maximum Gasteiger partial charge on any atom is 0.267 e. The molecule has 0 saturated heterocycles. The van der Waals surface area contributed by atoms with Gasteiger partial charge in [0.15, 0.2) is 0 Å². The van der Waals surface area contributed by atoms with E-state index in [0.29, 0.717) is 18.8 Å². The normalized spacial score (nSPS) is 11.8. The van der Waals surface area contributed by atoms with Gasteiger partial charge in [0.05, 0.1) is 12.4 Å². The number of unbranched alkanes of at least 4 members (excludes halogenated alkanes) is 1. The Balaban J connectivity index is 3.58. The summed E-state index contributed by atoms with van der Waals surface area (Å²) in [6.45, 7) is 2.30. The largest absolute Gasteiger partial charge is 0.270 e. The summed E-state index contributed by atoms with van der Waals surface area (Å²) in [6.07, 6.45) is 2.29. The van der Waals surface area contributed by atoms with Gasteiger partial charge in [-0.1, -0.05) is 13.3 Å². The van der Waals surface area contributed by atoms with Crippen LogP contribution in [0.25, 0.3) is 0 Å². The van der Waals surface area contributed by atoms with Crippen molar-refractivity contribution in [1.29, 1.82) is 0 Å². The van der Waals surface area contributed by atoms with Gasteiger partial charge in [0.2, 0.25) is 0 Å². The van der Waals surface area contributed by atoms with E-state index in [1.807, 2.05) is 6.92 Å². The van der Waals surface area contributed by atoms with Crippen LogP contribution >= 0.6 is 12.6 Å². The molecule has 0 amide bonds. The highest BCUT2D eigenvalue weighted by Crippen LogP contribution is 1.99. The minimum Gasteiger partial charge on any atom is -0.270 e. The molecule has 0 aliphatic heterocycles. The van der Waals surface area contributed by atoms with E-state index in [9.17, 15) is 8.42 Å². The predicted octanol–water partition coefficient (Wildman–Crippen LogP) is 1.45. The van der Waals surface area contributed by atoms with Gasteiger partial charge < -0.3 is 0 Å². The Morgan fingerprint density at radius 2 is 2.00 bits per heavy atom. The maximum absolute atomic E-state index is 11.0. The third kappa shape index (κ3) is 6.94. The second kappa shape index (κ2) is 6.74. The van der Waals surface area contributed by atoms with E-state index >= 15 is 0 Å². The van der Waals surface area contributed by atoms with E-state index in [2.05, 4.69) is 12.6 Å². The second-order valence-electron chi connectivity index (χ2n) is 2.51. The van der Waals surface area contributed by atoms with Gasteiger partial charge in [0.1, 0.15) is 0 Å². The zero-order valence-corrected chi connectivity index (χ0v) is 9.03. The Morgan fingerprint density at radius 3 is 2.50 bits per heavy atom. The zero-order chi connectivity index (χ0) is 9.45. The summed E-state index contributed by atoms with van der Waals surface area (Å²) in [4.78, 5) is 0. The minimum absolute atomic E-state index is 0.0835. The van der Waals surface area contributed by atoms with Crippen LogP contribution in [0, 0.1) is 0 Å².